The van der Waals surface area contributed by atoms with E-state index in [1.54, 1.807) is 17.1 Å². The van der Waals surface area contributed by atoms with Crippen LogP contribution < -0.4 is 5.32 Å². The van der Waals surface area contributed by atoms with Gasteiger partial charge in [-0.25, -0.2) is 4.68 Å². The van der Waals surface area contributed by atoms with Gasteiger partial charge in [-0.3, -0.25) is 9.78 Å². The van der Waals surface area contributed by atoms with E-state index >= 15 is 0 Å². The Balaban J connectivity index is 1.45. The van der Waals surface area contributed by atoms with Crippen molar-refractivity contribution in [3.05, 3.63) is 76.3 Å². The van der Waals surface area contributed by atoms with Crippen LogP contribution in [-0.2, 0) is 24.4 Å². The highest BCUT2D eigenvalue weighted by Gasteiger charge is 2.27. The Kier molecular flexibility index (Phi) is 4.64. The van der Waals surface area contributed by atoms with Crippen molar-refractivity contribution in [3.63, 3.8) is 0 Å². The molecule has 132 valence electrons. The molecule has 0 aliphatic carbocycles. The largest absolute Gasteiger partial charge is 0.365 e. The molecule has 1 aliphatic rings. The molecule has 4 rings (SSSR count). The summed E-state index contributed by atoms with van der Waals surface area (Å²) < 4.78 is 7.63. The van der Waals surface area contributed by atoms with E-state index in [1.165, 1.54) is 0 Å². The fourth-order valence-electron chi connectivity index (χ4n) is 2.84. The molecule has 1 atom stereocenters. The topological polar surface area (TPSA) is 81.9 Å². The van der Waals surface area contributed by atoms with Gasteiger partial charge < -0.3 is 10.1 Å². The second-order valence-corrected chi connectivity index (χ2v) is 6.40. The molecule has 0 unspecified atom stereocenters. The number of carbonyl (C=O) groups is 1. The van der Waals surface area contributed by atoms with Crippen molar-refractivity contribution in [2.24, 2.45) is 0 Å². The predicted octanol–water partition coefficient (Wildman–Crippen LogP) is 2.53. The second-order valence-electron chi connectivity index (χ2n) is 5.96. The minimum atomic E-state index is -0.274. The number of aromatic nitrogens is 4. The van der Waals surface area contributed by atoms with Gasteiger partial charge in [0, 0.05) is 24.0 Å². The van der Waals surface area contributed by atoms with Crippen molar-refractivity contribution in [1.29, 1.82) is 0 Å². The quantitative estimate of drug-likeness (QED) is 0.764. The Hall–Kier alpha value is -2.77. The van der Waals surface area contributed by atoms with Crippen LogP contribution >= 0.6 is 11.6 Å². The summed E-state index contributed by atoms with van der Waals surface area (Å²) in [6.45, 7) is 1.16. The van der Waals surface area contributed by atoms with Crippen molar-refractivity contribution >= 4 is 17.5 Å². The van der Waals surface area contributed by atoms with E-state index in [-0.39, 0.29) is 18.6 Å². The normalized spacial score (nSPS) is 16.1. The molecule has 1 aromatic carbocycles. The number of carbonyl (C=O) groups excluding carboxylic acids is 1. The lowest BCUT2D eigenvalue weighted by atomic mass is 10.1. The maximum Gasteiger partial charge on any atom is 0.274 e. The van der Waals surface area contributed by atoms with Crippen LogP contribution in [0.2, 0.25) is 5.02 Å². The lowest BCUT2D eigenvalue weighted by Crippen LogP contribution is -2.27. The zero-order chi connectivity index (χ0) is 17.9. The first kappa shape index (κ1) is 16.7. The minimum absolute atomic E-state index is 0.146. The zero-order valence-corrected chi connectivity index (χ0v) is 14.6. The number of fused-ring (bicyclic) bond motifs is 1. The van der Waals surface area contributed by atoms with Crippen LogP contribution in [-0.4, -0.2) is 25.9 Å². The third-order valence-electron chi connectivity index (χ3n) is 4.23. The van der Waals surface area contributed by atoms with Gasteiger partial charge in [0.05, 0.1) is 18.8 Å². The maximum absolute atomic E-state index is 12.4. The first-order chi connectivity index (χ1) is 12.7. The van der Waals surface area contributed by atoms with Crippen molar-refractivity contribution < 1.29 is 9.53 Å². The van der Waals surface area contributed by atoms with E-state index in [0.717, 1.165) is 11.1 Å². The van der Waals surface area contributed by atoms with Crippen LogP contribution in [0, 0.1) is 0 Å². The van der Waals surface area contributed by atoms with E-state index < -0.39 is 0 Å². The number of benzene rings is 1. The van der Waals surface area contributed by atoms with Crippen LogP contribution in [0.1, 0.15) is 33.4 Å². The molecular weight excluding hydrogens is 354 g/mol. The summed E-state index contributed by atoms with van der Waals surface area (Å²) in [7, 11) is 0. The van der Waals surface area contributed by atoms with Crippen LogP contribution in [0.4, 0.5) is 0 Å². The van der Waals surface area contributed by atoms with Gasteiger partial charge in [0.25, 0.3) is 5.91 Å². The zero-order valence-electron chi connectivity index (χ0n) is 13.8. The highest BCUT2D eigenvalue weighted by molar-refractivity contribution is 6.30. The van der Waals surface area contributed by atoms with Crippen molar-refractivity contribution in [3.8, 4) is 0 Å². The van der Waals surface area contributed by atoms with Gasteiger partial charge in [-0.1, -0.05) is 35.0 Å². The summed E-state index contributed by atoms with van der Waals surface area (Å²) in [4.78, 5) is 16.4. The standard InChI is InChI=1S/C18H16ClN5O2/c19-14-5-3-13(4-6-14)16-10-24-15(11-26-16)17(22-23-24)18(25)21-9-12-2-1-7-20-8-12/h1-8,16H,9-11H2,(H,21,25)/t16-/m0/s1. The van der Waals surface area contributed by atoms with Crippen molar-refractivity contribution in [2.45, 2.75) is 25.8 Å². The smallest absolute Gasteiger partial charge is 0.274 e. The highest BCUT2D eigenvalue weighted by atomic mass is 35.5. The third kappa shape index (κ3) is 3.44. The molecule has 0 fully saturated rings. The van der Waals surface area contributed by atoms with Crippen LogP contribution in [0.3, 0.4) is 0 Å². The fourth-order valence-corrected chi connectivity index (χ4v) is 2.96. The average Bonchev–Trinajstić information content (AvgIpc) is 3.11. The molecule has 26 heavy (non-hydrogen) atoms. The lowest BCUT2D eigenvalue weighted by Gasteiger charge is -2.24. The van der Waals surface area contributed by atoms with Gasteiger partial charge in [0.15, 0.2) is 5.69 Å². The minimum Gasteiger partial charge on any atom is -0.365 e. The summed E-state index contributed by atoms with van der Waals surface area (Å²) >= 11 is 5.93. The summed E-state index contributed by atoms with van der Waals surface area (Å²) in [5, 5.41) is 11.7. The summed E-state index contributed by atoms with van der Waals surface area (Å²) in [6.07, 6.45) is 3.25. The molecule has 7 nitrogen and oxygen atoms in total. The van der Waals surface area contributed by atoms with Gasteiger partial charge in [-0.2, -0.15) is 0 Å². The molecule has 1 aliphatic heterocycles. The van der Waals surface area contributed by atoms with E-state index in [0.29, 0.717) is 29.5 Å². The molecule has 3 heterocycles. The molecule has 0 bridgehead atoms. The van der Waals surface area contributed by atoms with Gasteiger partial charge >= 0.3 is 0 Å². The number of pyridine rings is 1. The van der Waals surface area contributed by atoms with Gasteiger partial charge in [0.2, 0.25) is 0 Å². The van der Waals surface area contributed by atoms with Gasteiger partial charge in [0.1, 0.15) is 6.10 Å². The average molecular weight is 370 g/mol. The maximum atomic E-state index is 12.4. The number of nitrogens with one attached hydrogen (secondary N) is 1. The summed E-state index contributed by atoms with van der Waals surface area (Å²) in [6, 6.07) is 11.2. The molecular formula is C18H16ClN5O2. The molecule has 0 radical (unpaired) electrons. The van der Waals surface area contributed by atoms with Gasteiger partial charge in [-0.15, -0.1) is 5.10 Å². The number of halogens is 1. The highest BCUT2D eigenvalue weighted by Crippen LogP contribution is 2.27. The Labute approximate surface area is 155 Å². The second kappa shape index (κ2) is 7.23. The lowest BCUT2D eigenvalue weighted by molar-refractivity contribution is -0.00177. The molecule has 0 saturated heterocycles. The monoisotopic (exact) mass is 369 g/mol. The van der Waals surface area contributed by atoms with E-state index in [1.807, 2.05) is 36.4 Å². The number of hydrogen-bond acceptors (Lipinski definition) is 5. The Morgan fingerprint density at radius 1 is 1.31 bits per heavy atom. The summed E-state index contributed by atoms with van der Waals surface area (Å²) in [5.74, 6) is -0.274. The molecule has 8 heteroatoms. The van der Waals surface area contributed by atoms with Gasteiger partial charge in [-0.05, 0) is 29.3 Å². The number of nitrogens with zero attached hydrogens (tertiary/aromatic N) is 4. The molecule has 0 saturated carbocycles. The molecule has 3 aromatic rings. The Bertz CT molecular complexity index is 911. The molecule has 0 spiro atoms. The first-order valence-corrected chi connectivity index (χ1v) is 8.55. The van der Waals surface area contributed by atoms with E-state index in [2.05, 4.69) is 20.6 Å². The first-order valence-electron chi connectivity index (χ1n) is 8.17. The van der Waals surface area contributed by atoms with Crippen molar-refractivity contribution in [2.75, 3.05) is 0 Å². The SMILES string of the molecule is O=C(NCc1cccnc1)c1nnn2c1CO[C@H](c1ccc(Cl)cc1)C2. The number of ether oxygens (including phenoxy) is 1. The fraction of sp³-hybridized carbons (Fsp3) is 0.222. The molecule has 2 aromatic heterocycles. The van der Waals surface area contributed by atoms with E-state index in [4.69, 9.17) is 16.3 Å². The van der Waals surface area contributed by atoms with Crippen LogP contribution in [0.5, 0.6) is 0 Å². The predicted molar refractivity (Wildman–Crippen MR) is 94.4 cm³/mol. The molecule has 1 N–H and O–H groups in total. The summed E-state index contributed by atoms with van der Waals surface area (Å²) in [5.41, 5.74) is 2.90. The van der Waals surface area contributed by atoms with E-state index in [9.17, 15) is 4.79 Å². The molecule has 1 amide bonds. The third-order valence-corrected chi connectivity index (χ3v) is 4.48. The number of hydrogen-bond donors (Lipinski definition) is 1. The Morgan fingerprint density at radius 3 is 2.92 bits per heavy atom. The number of amides is 1. The van der Waals surface area contributed by atoms with Crippen LogP contribution in [0.15, 0.2) is 48.8 Å². The van der Waals surface area contributed by atoms with Crippen LogP contribution in [0.25, 0.3) is 0 Å². The van der Waals surface area contributed by atoms with Crippen molar-refractivity contribution in [1.82, 2.24) is 25.3 Å². The number of rotatable bonds is 4. The Morgan fingerprint density at radius 2 is 2.15 bits per heavy atom.